The molecule has 2 N–H and O–H groups in total. The number of hydrogen-bond donors (Lipinski definition) is 2. The highest BCUT2D eigenvalue weighted by atomic mass is 35.5. The van der Waals surface area contributed by atoms with Gasteiger partial charge in [-0.3, -0.25) is 19.9 Å². The summed E-state index contributed by atoms with van der Waals surface area (Å²) in [6.45, 7) is 2.31. The Morgan fingerprint density at radius 2 is 1.65 bits per heavy atom. The summed E-state index contributed by atoms with van der Waals surface area (Å²) in [5.74, 6) is -0.769. The predicted octanol–water partition coefficient (Wildman–Crippen LogP) is 2.52. The zero-order chi connectivity index (χ0) is 22.2. The molecule has 0 aromatic heterocycles. The van der Waals surface area contributed by atoms with Gasteiger partial charge >= 0.3 is 12.0 Å². The van der Waals surface area contributed by atoms with E-state index in [0.29, 0.717) is 42.5 Å². The Morgan fingerprint density at radius 3 is 2.29 bits per heavy atom. The third-order valence-corrected chi connectivity index (χ3v) is 5.39. The van der Waals surface area contributed by atoms with Gasteiger partial charge in [0, 0.05) is 36.9 Å². The summed E-state index contributed by atoms with van der Waals surface area (Å²) in [5, 5.41) is 5.45. The SMILES string of the molecule is COC(=O)C(c1ccccc1Cl)N1CCN(CC(=O)NC(=O)Nc2ccccc2)CC1. The molecular weight excluding hydrogens is 420 g/mol. The number of nitrogens with one attached hydrogen (secondary N) is 2. The Bertz CT molecular complexity index is 917. The lowest BCUT2D eigenvalue weighted by Gasteiger charge is -2.38. The van der Waals surface area contributed by atoms with Gasteiger partial charge in [-0.2, -0.15) is 0 Å². The van der Waals surface area contributed by atoms with Gasteiger partial charge in [-0.15, -0.1) is 0 Å². The number of carbonyl (C=O) groups excluding carboxylic acids is 3. The number of piperazine rings is 1. The van der Waals surface area contributed by atoms with Crippen molar-refractivity contribution in [3.05, 3.63) is 65.2 Å². The number of carbonyl (C=O) groups is 3. The Kier molecular flexibility index (Phi) is 8.00. The number of esters is 1. The largest absolute Gasteiger partial charge is 0.468 e. The van der Waals surface area contributed by atoms with E-state index in [-0.39, 0.29) is 12.5 Å². The Morgan fingerprint density at radius 1 is 1.00 bits per heavy atom. The summed E-state index contributed by atoms with van der Waals surface area (Å²) in [7, 11) is 1.35. The highest BCUT2D eigenvalue weighted by molar-refractivity contribution is 6.31. The molecule has 3 rings (SSSR count). The summed E-state index contributed by atoms with van der Waals surface area (Å²) in [4.78, 5) is 40.6. The van der Waals surface area contributed by atoms with Crippen LogP contribution < -0.4 is 10.6 Å². The van der Waals surface area contributed by atoms with E-state index in [1.807, 2.05) is 34.1 Å². The maximum atomic E-state index is 12.4. The Balaban J connectivity index is 1.52. The smallest absolute Gasteiger partial charge is 0.327 e. The number of anilines is 1. The lowest BCUT2D eigenvalue weighted by Crippen LogP contribution is -2.52. The van der Waals surface area contributed by atoms with Crippen LogP contribution in [0.2, 0.25) is 5.02 Å². The summed E-state index contributed by atoms with van der Waals surface area (Å²) < 4.78 is 5.00. The number of urea groups is 1. The normalized spacial score (nSPS) is 15.7. The predicted molar refractivity (Wildman–Crippen MR) is 118 cm³/mol. The topological polar surface area (TPSA) is 91.0 Å². The molecule has 1 unspecified atom stereocenters. The first-order valence-corrected chi connectivity index (χ1v) is 10.3. The number of ether oxygens (including phenoxy) is 1. The van der Waals surface area contributed by atoms with Crippen molar-refractivity contribution < 1.29 is 19.1 Å². The van der Waals surface area contributed by atoms with Gasteiger partial charge in [0.05, 0.1) is 13.7 Å². The van der Waals surface area contributed by atoms with Crippen LogP contribution in [0.25, 0.3) is 0 Å². The van der Waals surface area contributed by atoms with Crippen LogP contribution >= 0.6 is 11.6 Å². The molecule has 0 spiro atoms. The molecule has 1 atom stereocenters. The monoisotopic (exact) mass is 444 g/mol. The lowest BCUT2D eigenvalue weighted by molar-refractivity contribution is -0.148. The van der Waals surface area contributed by atoms with E-state index in [0.717, 1.165) is 0 Å². The average Bonchev–Trinajstić information content (AvgIpc) is 2.76. The van der Waals surface area contributed by atoms with Crippen molar-refractivity contribution in [2.75, 3.05) is 45.2 Å². The summed E-state index contributed by atoms with van der Waals surface area (Å²) >= 11 is 6.31. The van der Waals surface area contributed by atoms with Gasteiger partial charge in [0.1, 0.15) is 6.04 Å². The number of amides is 3. The molecule has 8 nitrogen and oxygen atoms in total. The molecule has 0 aliphatic carbocycles. The zero-order valence-corrected chi connectivity index (χ0v) is 18.0. The number of nitrogens with zero attached hydrogens (tertiary/aromatic N) is 2. The zero-order valence-electron chi connectivity index (χ0n) is 17.2. The van der Waals surface area contributed by atoms with E-state index in [1.165, 1.54) is 7.11 Å². The van der Waals surface area contributed by atoms with Crippen molar-refractivity contribution in [3.63, 3.8) is 0 Å². The maximum Gasteiger partial charge on any atom is 0.327 e. The van der Waals surface area contributed by atoms with Gasteiger partial charge in [-0.25, -0.2) is 9.59 Å². The molecule has 1 aliphatic rings. The molecule has 2 aromatic carbocycles. The van der Waals surface area contributed by atoms with Gasteiger partial charge in [-0.05, 0) is 23.8 Å². The minimum absolute atomic E-state index is 0.0883. The second kappa shape index (κ2) is 10.9. The number of para-hydroxylation sites is 1. The Hall–Kier alpha value is -2.94. The molecule has 0 radical (unpaired) electrons. The minimum atomic E-state index is -0.605. The van der Waals surface area contributed by atoms with Crippen LogP contribution in [0.5, 0.6) is 0 Å². The maximum absolute atomic E-state index is 12.4. The van der Waals surface area contributed by atoms with Crippen LogP contribution in [0.4, 0.5) is 10.5 Å². The molecule has 1 fully saturated rings. The first-order chi connectivity index (χ1) is 15.0. The molecule has 164 valence electrons. The van der Waals surface area contributed by atoms with Crippen LogP contribution in [0.3, 0.4) is 0 Å². The van der Waals surface area contributed by atoms with Crippen LogP contribution in [-0.4, -0.2) is 67.5 Å². The lowest BCUT2D eigenvalue weighted by atomic mass is 10.0. The number of benzene rings is 2. The average molecular weight is 445 g/mol. The van der Waals surface area contributed by atoms with Crippen molar-refractivity contribution in [1.29, 1.82) is 0 Å². The fraction of sp³-hybridized carbons (Fsp3) is 0.318. The standard InChI is InChI=1S/C22H25ClN4O4/c1-31-21(29)20(17-9-5-6-10-18(17)23)27-13-11-26(12-14-27)15-19(28)25-22(30)24-16-7-3-2-4-8-16/h2-10,20H,11-15H2,1H3,(H2,24,25,28,30). The van der Waals surface area contributed by atoms with E-state index < -0.39 is 18.0 Å². The summed E-state index contributed by atoms with van der Waals surface area (Å²) in [6.07, 6.45) is 0. The summed E-state index contributed by atoms with van der Waals surface area (Å²) in [5.41, 5.74) is 1.30. The first-order valence-electron chi connectivity index (χ1n) is 9.92. The minimum Gasteiger partial charge on any atom is -0.468 e. The van der Waals surface area contributed by atoms with Gasteiger partial charge in [0.2, 0.25) is 5.91 Å². The third kappa shape index (κ3) is 6.27. The highest BCUT2D eigenvalue weighted by Crippen LogP contribution is 2.29. The van der Waals surface area contributed by atoms with E-state index in [9.17, 15) is 14.4 Å². The van der Waals surface area contributed by atoms with Gasteiger partial charge in [0.15, 0.2) is 0 Å². The summed E-state index contributed by atoms with van der Waals surface area (Å²) in [6, 6.07) is 14.9. The number of methoxy groups -OCH3 is 1. The molecule has 0 bridgehead atoms. The highest BCUT2D eigenvalue weighted by Gasteiger charge is 2.32. The number of halogens is 1. The molecule has 1 saturated heterocycles. The molecule has 3 amide bonds. The third-order valence-electron chi connectivity index (χ3n) is 5.05. The van der Waals surface area contributed by atoms with Crippen LogP contribution in [0.15, 0.2) is 54.6 Å². The molecular formula is C22H25ClN4O4. The van der Waals surface area contributed by atoms with Gasteiger partial charge in [-0.1, -0.05) is 48.0 Å². The molecule has 9 heteroatoms. The van der Waals surface area contributed by atoms with Crippen molar-refractivity contribution in [1.82, 2.24) is 15.1 Å². The molecule has 31 heavy (non-hydrogen) atoms. The fourth-order valence-electron chi connectivity index (χ4n) is 3.51. The molecule has 2 aromatic rings. The second-order valence-corrected chi connectivity index (χ2v) is 7.53. The van der Waals surface area contributed by atoms with Crippen molar-refractivity contribution in [2.45, 2.75) is 6.04 Å². The number of rotatable bonds is 6. The molecule has 1 heterocycles. The molecule has 0 saturated carbocycles. The molecule has 1 aliphatic heterocycles. The van der Waals surface area contributed by atoms with Crippen LogP contribution in [-0.2, 0) is 14.3 Å². The van der Waals surface area contributed by atoms with Gasteiger partial charge in [0.25, 0.3) is 0 Å². The van der Waals surface area contributed by atoms with Crippen molar-refractivity contribution in [2.24, 2.45) is 0 Å². The second-order valence-electron chi connectivity index (χ2n) is 7.13. The fourth-order valence-corrected chi connectivity index (χ4v) is 3.75. The quantitative estimate of drug-likeness (QED) is 0.665. The van der Waals surface area contributed by atoms with Crippen LogP contribution in [0, 0.1) is 0 Å². The van der Waals surface area contributed by atoms with Gasteiger partial charge < -0.3 is 10.1 Å². The first kappa shape index (κ1) is 22.7. The van der Waals surface area contributed by atoms with E-state index in [2.05, 4.69) is 10.6 Å². The van der Waals surface area contributed by atoms with Crippen molar-refractivity contribution >= 4 is 35.2 Å². The van der Waals surface area contributed by atoms with Crippen LogP contribution in [0.1, 0.15) is 11.6 Å². The van der Waals surface area contributed by atoms with E-state index in [4.69, 9.17) is 16.3 Å². The number of imide groups is 1. The van der Waals surface area contributed by atoms with E-state index >= 15 is 0 Å². The van der Waals surface area contributed by atoms with E-state index in [1.54, 1.807) is 30.3 Å². The number of hydrogen-bond acceptors (Lipinski definition) is 6. The Labute approximate surface area is 186 Å². The van der Waals surface area contributed by atoms with Crippen molar-refractivity contribution in [3.8, 4) is 0 Å².